The summed E-state index contributed by atoms with van der Waals surface area (Å²) in [5.74, 6) is -0.313. The molecule has 1 heterocycles. The number of carbonyl (C=O) groups is 1. The Labute approximate surface area is 128 Å². The molecule has 1 aliphatic carbocycles. The molecule has 0 bridgehead atoms. The van der Waals surface area contributed by atoms with Gasteiger partial charge in [0.1, 0.15) is 10.6 Å². The monoisotopic (exact) mass is 302 g/mol. The highest BCUT2D eigenvalue weighted by atomic mass is 32.1. The maximum Gasteiger partial charge on any atom is 0.343 e. The van der Waals surface area contributed by atoms with Crippen LogP contribution in [0.5, 0.6) is 0 Å². The second kappa shape index (κ2) is 5.85. The van der Waals surface area contributed by atoms with E-state index >= 15 is 0 Å². The van der Waals surface area contributed by atoms with Crippen LogP contribution in [-0.2, 0) is 17.6 Å². The van der Waals surface area contributed by atoms with Gasteiger partial charge in [-0.1, -0.05) is 6.07 Å². The molecule has 0 unspecified atom stereocenters. The Morgan fingerprint density at radius 3 is 3.00 bits per heavy atom. The number of carbonyl (C=O) groups excluding carboxylic acids is 1. The van der Waals surface area contributed by atoms with Crippen molar-refractivity contribution >= 4 is 28.2 Å². The van der Waals surface area contributed by atoms with Crippen LogP contribution in [0.4, 0.5) is 10.7 Å². The molecule has 0 radical (unpaired) electrons. The number of rotatable bonds is 4. The summed E-state index contributed by atoms with van der Waals surface area (Å²) in [6.45, 7) is 4.00. The number of ether oxygens (including phenoxy) is 1. The van der Waals surface area contributed by atoms with Crippen LogP contribution in [0.25, 0.3) is 0 Å². The highest BCUT2D eigenvalue weighted by Crippen LogP contribution is 2.31. The van der Waals surface area contributed by atoms with Crippen molar-refractivity contribution in [2.45, 2.75) is 33.1 Å². The maximum absolute atomic E-state index is 12.0. The normalized spacial score (nSPS) is 13.0. The van der Waals surface area contributed by atoms with Crippen LogP contribution in [0.1, 0.15) is 40.5 Å². The maximum atomic E-state index is 12.0. The molecule has 2 aromatic rings. The molecule has 0 amide bonds. The molecular formula is C16H18N2O2S. The molecular weight excluding hydrogens is 284 g/mol. The van der Waals surface area contributed by atoms with Crippen molar-refractivity contribution in [2.24, 2.45) is 0 Å². The van der Waals surface area contributed by atoms with Crippen molar-refractivity contribution in [3.63, 3.8) is 0 Å². The molecule has 0 atom stereocenters. The molecule has 0 saturated carbocycles. The first kappa shape index (κ1) is 14.1. The molecule has 0 saturated heterocycles. The zero-order valence-corrected chi connectivity index (χ0v) is 13.0. The largest absolute Gasteiger partial charge is 0.462 e. The predicted octanol–water partition coefficient (Wildman–Crippen LogP) is 3.86. The van der Waals surface area contributed by atoms with E-state index in [9.17, 15) is 4.79 Å². The minimum absolute atomic E-state index is 0.313. The van der Waals surface area contributed by atoms with Crippen molar-refractivity contribution in [2.75, 3.05) is 11.9 Å². The molecule has 0 fully saturated rings. The molecule has 1 N–H and O–H groups in total. The van der Waals surface area contributed by atoms with E-state index in [1.807, 2.05) is 6.92 Å². The lowest BCUT2D eigenvalue weighted by atomic mass is 10.1. The topological polar surface area (TPSA) is 51.2 Å². The van der Waals surface area contributed by atoms with E-state index in [0.717, 1.165) is 17.1 Å². The summed E-state index contributed by atoms with van der Waals surface area (Å²) in [5.41, 5.74) is 5.10. The molecule has 110 valence electrons. The zero-order chi connectivity index (χ0) is 14.8. The van der Waals surface area contributed by atoms with Gasteiger partial charge in [0.2, 0.25) is 0 Å². The Morgan fingerprint density at radius 2 is 2.19 bits per heavy atom. The number of anilines is 2. The average molecular weight is 302 g/mol. The summed E-state index contributed by atoms with van der Waals surface area (Å²) < 4.78 is 9.37. The number of hydrogen-bond donors (Lipinski definition) is 1. The molecule has 1 aromatic heterocycles. The SMILES string of the molecule is CCOC(=O)c1c(C)nsc1Nc1ccc2c(c1)CCC2. The highest BCUT2D eigenvalue weighted by Gasteiger charge is 2.20. The lowest BCUT2D eigenvalue weighted by molar-refractivity contribution is 0.0527. The summed E-state index contributed by atoms with van der Waals surface area (Å²) in [5, 5.41) is 4.07. The van der Waals surface area contributed by atoms with Crippen molar-refractivity contribution in [3.8, 4) is 0 Å². The van der Waals surface area contributed by atoms with E-state index in [0.29, 0.717) is 17.9 Å². The van der Waals surface area contributed by atoms with Crippen molar-refractivity contribution in [3.05, 3.63) is 40.6 Å². The van der Waals surface area contributed by atoms with Gasteiger partial charge in [-0.2, -0.15) is 4.37 Å². The van der Waals surface area contributed by atoms with Gasteiger partial charge in [0, 0.05) is 5.69 Å². The quantitative estimate of drug-likeness (QED) is 0.871. The van der Waals surface area contributed by atoms with Crippen LogP contribution in [0.15, 0.2) is 18.2 Å². The van der Waals surface area contributed by atoms with Crippen LogP contribution in [-0.4, -0.2) is 16.9 Å². The van der Waals surface area contributed by atoms with Gasteiger partial charge in [-0.05, 0) is 67.9 Å². The zero-order valence-electron chi connectivity index (χ0n) is 12.2. The van der Waals surface area contributed by atoms with E-state index < -0.39 is 0 Å². The summed E-state index contributed by atoms with van der Waals surface area (Å²) in [6.07, 6.45) is 3.53. The first-order valence-corrected chi connectivity index (χ1v) is 7.98. The smallest absolute Gasteiger partial charge is 0.343 e. The van der Waals surface area contributed by atoms with Crippen molar-refractivity contribution in [1.29, 1.82) is 0 Å². The number of benzene rings is 1. The third-order valence-corrected chi connectivity index (χ3v) is 4.55. The highest BCUT2D eigenvalue weighted by molar-refractivity contribution is 7.10. The Balaban J connectivity index is 1.87. The van der Waals surface area contributed by atoms with Crippen molar-refractivity contribution in [1.82, 2.24) is 4.37 Å². The van der Waals surface area contributed by atoms with Gasteiger partial charge in [0.25, 0.3) is 0 Å². The van der Waals surface area contributed by atoms with Gasteiger partial charge in [0.05, 0.1) is 12.3 Å². The fourth-order valence-corrected chi connectivity index (χ4v) is 3.48. The molecule has 3 rings (SSSR count). The number of hydrogen-bond acceptors (Lipinski definition) is 5. The number of aromatic nitrogens is 1. The predicted molar refractivity (Wildman–Crippen MR) is 84.6 cm³/mol. The summed E-state index contributed by atoms with van der Waals surface area (Å²) in [4.78, 5) is 12.0. The van der Waals surface area contributed by atoms with Gasteiger partial charge in [-0.15, -0.1) is 0 Å². The standard InChI is InChI=1S/C16H18N2O2S/c1-3-20-16(19)14-10(2)18-21-15(14)17-13-8-7-11-5-4-6-12(11)9-13/h7-9,17H,3-6H2,1-2H3. The first-order valence-electron chi connectivity index (χ1n) is 7.21. The van der Waals surface area contributed by atoms with Crippen LogP contribution in [0, 0.1) is 6.92 Å². The third-order valence-electron chi connectivity index (χ3n) is 3.70. The van der Waals surface area contributed by atoms with Gasteiger partial charge in [0.15, 0.2) is 0 Å². The minimum atomic E-state index is -0.313. The Bertz CT molecular complexity index is 679. The van der Waals surface area contributed by atoms with Gasteiger partial charge < -0.3 is 10.1 Å². The van der Waals surface area contributed by atoms with E-state index in [-0.39, 0.29) is 5.97 Å². The molecule has 0 aliphatic heterocycles. The average Bonchev–Trinajstić information content (AvgIpc) is 3.05. The first-order chi connectivity index (χ1) is 10.2. The Morgan fingerprint density at radius 1 is 1.38 bits per heavy atom. The fourth-order valence-electron chi connectivity index (χ4n) is 2.68. The molecule has 0 spiro atoms. The second-order valence-corrected chi connectivity index (χ2v) is 5.93. The summed E-state index contributed by atoms with van der Waals surface area (Å²) >= 11 is 1.30. The van der Waals surface area contributed by atoms with E-state index in [2.05, 4.69) is 27.9 Å². The third kappa shape index (κ3) is 2.78. The summed E-state index contributed by atoms with van der Waals surface area (Å²) in [6, 6.07) is 6.41. The number of aryl methyl sites for hydroxylation is 3. The molecule has 5 heteroatoms. The minimum Gasteiger partial charge on any atom is -0.462 e. The number of fused-ring (bicyclic) bond motifs is 1. The lowest BCUT2D eigenvalue weighted by Gasteiger charge is -2.08. The van der Waals surface area contributed by atoms with Gasteiger partial charge >= 0.3 is 5.97 Å². The van der Waals surface area contributed by atoms with Crippen molar-refractivity contribution < 1.29 is 9.53 Å². The Hall–Kier alpha value is -1.88. The molecule has 1 aromatic carbocycles. The lowest BCUT2D eigenvalue weighted by Crippen LogP contribution is -2.07. The van der Waals surface area contributed by atoms with Crippen LogP contribution in [0.2, 0.25) is 0 Å². The molecule has 21 heavy (non-hydrogen) atoms. The second-order valence-electron chi connectivity index (χ2n) is 5.15. The number of esters is 1. The number of nitrogens with one attached hydrogen (secondary N) is 1. The van der Waals surface area contributed by atoms with Crippen LogP contribution >= 0.6 is 11.5 Å². The van der Waals surface area contributed by atoms with Crippen LogP contribution < -0.4 is 5.32 Å². The van der Waals surface area contributed by atoms with Gasteiger partial charge in [-0.3, -0.25) is 0 Å². The van der Waals surface area contributed by atoms with E-state index in [1.54, 1.807) is 6.92 Å². The molecule has 4 nitrogen and oxygen atoms in total. The number of nitrogens with zero attached hydrogens (tertiary/aromatic N) is 1. The summed E-state index contributed by atoms with van der Waals surface area (Å²) in [7, 11) is 0. The fraction of sp³-hybridized carbons (Fsp3) is 0.375. The van der Waals surface area contributed by atoms with Gasteiger partial charge in [-0.25, -0.2) is 4.79 Å². The van der Waals surface area contributed by atoms with Crippen LogP contribution in [0.3, 0.4) is 0 Å². The Kier molecular flexibility index (Phi) is 3.92. The van der Waals surface area contributed by atoms with E-state index in [1.165, 1.54) is 35.5 Å². The molecule has 1 aliphatic rings. The van der Waals surface area contributed by atoms with E-state index in [4.69, 9.17) is 4.74 Å².